The normalized spacial score (nSPS) is 10.8. The van der Waals surface area contributed by atoms with Crippen molar-refractivity contribution in [1.29, 1.82) is 0 Å². The number of carbonyl (C=O) groups excluding carboxylic acids is 1. The molecule has 0 saturated carbocycles. The highest BCUT2D eigenvalue weighted by atomic mass is 35.5. The molecule has 140 valence electrons. The first-order valence-corrected chi connectivity index (χ1v) is 9.61. The Morgan fingerprint density at radius 3 is 2.63 bits per heavy atom. The number of halogens is 2. The van der Waals surface area contributed by atoms with Crippen LogP contribution in [0, 0.1) is 12.7 Å². The molecule has 1 amide bonds. The summed E-state index contributed by atoms with van der Waals surface area (Å²) in [6.07, 6.45) is 0. The molecule has 1 heterocycles. The Bertz CT molecular complexity index is 928. The Labute approximate surface area is 166 Å². The van der Waals surface area contributed by atoms with E-state index in [-0.39, 0.29) is 18.2 Å². The molecule has 8 heteroatoms. The van der Waals surface area contributed by atoms with E-state index < -0.39 is 5.82 Å². The summed E-state index contributed by atoms with van der Waals surface area (Å²) in [7, 11) is 1.62. The molecule has 0 atom stereocenters. The summed E-state index contributed by atoms with van der Waals surface area (Å²) in [6, 6.07) is 14.2. The van der Waals surface area contributed by atoms with Gasteiger partial charge in [0.25, 0.3) is 0 Å². The van der Waals surface area contributed by atoms with E-state index in [9.17, 15) is 9.18 Å². The van der Waals surface area contributed by atoms with Crippen molar-refractivity contribution in [3.63, 3.8) is 0 Å². The number of hydrogen-bond donors (Lipinski definition) is 0. The van der Waals surface area contributed by atoms with Crippen molar-refractivity contribution in [2.24, 2.45) is 0 Å². The van der Waals surface area contributed by atoms with Crippen molar-refractivity contribution in [2.45, 2.75) is 18.6 Å². The smallest absolute Gasteiger partial charge is 0.233 e. The monoisotopic (exact) mass is 404 g/mol. The van der Waals surface area contributed by atoms with E-state index in [1.807, 2.05) is 41.8 Å². The minimum absolute atomic E-state index is 0.106. The Hall–Kier alpha value is -2.38. The highest BCUT2D eigenvalue weighted by Crippen LogP contribution is 2.23. The molecule has 3 rings (SSSR count). The molecule has 0 fully saturated rings. The lowest BCUT2D eigenvalue weighted by Gasteiger charge is -2.18. The summed E-state index contributed by atoms with van der Waals surface area (Å²) >= 11 is 7.33. The van der Waals surface area contributed by atoms with Crippen LogP contribution < -0.4 is 0 Å². The average molecular weight is 405 g/mol. The van der Waals surface area contributed by atoms with Gasteiger partial charge in [-0.25, -0.2) is 4.39 Å². The van der Waals surface area contributed by atoms with Crippen LogP contribution in [0.4, 0.5) is 4.39 Å². The van der Waals surface area contributed by atoms with Gasteiger partial charge in [0.05, 0.1) is 5.75 Å². The standard InChI is InChI=1S/C19H18ClFN4OS/c1-13-22-23-19(25(13)14-7-4-3-5-8-14)27-12-18(26)24(2)11-15-16(20)9-6-10-17(15)21/h3-10H,11-12H2,1-2H3. The van der Waals surface area contributed by atoms with Gasteiger partial charge in [-0.3, -0.25) is 9.36 Å². The molecule has 0 N–H and O–H groups in total. The number of amides is 1. The fourth-order valence-corrected chi connectivity index (χ4v) is 3.72. The average Bonchev–Trinajstić information content (AvgIpc) is 3.04. The van der Waals surface area contributed by atoms with Gasteiger partial charge in [0.1, 0.15) is 11.6 Å². The Balaban J connectivity index is 1.68. The van der Waals surface area contributed by atoms with E-state index in [2.05, 4.69) is 10.2 Å². The van der Waals surface area contributed by atoms with Crippen LogP contribution in [0.2, 0.25) is 5.02 Å². The molecule has 5 nitrogen and oxygen atoms in total. The first-order valence-electron chi connectivity index (χ1n) is 8.24. The molecule has 0 aliphatic rings. The van der Waals surface area contributed by atoms with Gasteiger partial charge in [0.2, 0.25) is 5.91 Å². The van der Waals surface area contributed by atoms with Crippen molar-refractivity contribution in [2.75, 3.05) is 12.8 Å². The SMILES string of the molecule is Cc1nnc(SCC(=O)N(C)Cc2c(F)cccc2Cl)n1-c1ccccc1. The molecule has 1 aromatic heterocycles. The third kappa shape index (κ3) is 4.48. The predicted molar refractivity (Wildman–Crippen MR) is 105 cm³/mol. The molecular weight excluding hydrogens is 387 g/mol. The predicted octanol–water partition coefficient (Wildman–Crippen LogP) is 4.12. The summed E-state index contributed by atoms with van der Waals surface area (Å²) in [5.74, 6) is 0.324. The minimum atomic E-state index is -0.422. The number of thioether (sulfide) groups is 1. The second-order valence-electron chi connectivity index (χ2n) is 5.94. The van der Waals surface area contributed by atoms with E-state index in [0.717, 1.165) is 11.5 Å². The van der Waals surface area contributed by atoms with Gasteiger partial charge >= 0.3 is 0 Å². The molecule has 0 aliphatic carbocycles. The number of nitrogens with zero attached hydrogens (tertiary/aromatic N) is 4. The molecule has 0 aliphatic heterocycles. The molecular formula is C19H18ClFN4OS. The highest BCUT2D eigenvalue weighted by molar-refractivity contribution is 7.99. The highest BCUT2D eigenvalue weighted by Gasteiger charge is 2.17. The summed E-state index contributed by atoms with van der Waals surface area (Å²) in [4.78, 5) is 13.9. The van der Waals surface area contributed by atoms with Gasteiger partial charge in [0, 0.05) is 29.9 Å². The molecule has 27 heavy (non-hydrogen) atoms. The third-order valence-corrected chi connectivity index (χ3v) is 5.28. The molecule has 0 radical (unpaired) electrons. The molecule has 3 aromatic rings. The first-order chi connectivity index (χ1) is 13.0. The van der Waals surface area contributed by atoms with E-state index in [0.29, 0.717) is 15.7 Å². The van der Waals surface area contributed by atoms with Crippen molar-refractivity contribution in [1.82, 2.24) is 19.7 Å². The molecule has 2 aromatic carbocycles. The van der Waals surface area contributed by atoms with Crippen molar-refractivity contribution < 1.29 is 9.18 Å². The largest absolute Gasteiger partial charge is 0.341 e. The van der Waals surface area contributed by atoms with Crippen LogP contribution in [0.3, 0.4) is 0 Å². The molecule has 0 unspecified atom stereocenters. The van der Waals surface area contributed by atoms with Gasteiger partial charge in [-0.05, 0) is 31.2 Å². The maximum atomic E-state index is 13.9. The zero-order valence-electron chi connectivity index (χ0n) is 14.9. The fraction of sp³-hybridized carbons (Fsp3) is 0.211. The number of aryl methyl sites for hydroxylation is 1. The van der Waals surface area contributed by atoms with Gasteiger partial charge in [-0.15, -0.1) is 10.2 Å². The lowest BCUT2D eigenvalue weighted by molar-refractivity contribution is -0.127. The van der Waals surface area contributed by atoms with Crippen LogP contribution in [0.25, 0.3) is 5.69 Å². The van der Waals surface area contributed by atoms with Crippen molar-refractivity contribution >= 4 is 29.3 Å². The number of para-hydroxylation sites is 1. The van der Waals surface area contributed by atoms with Gasteiger partial charge < -0.3 is 4.90 Å². The Kier molecular flexibility index (Phi) is 6.13. The van der Waals surface area contributed by atoms with Crippen molar-refractivity contribution in [3.05, 3.63) is 70.8 Å². The van der Waals surface area contributed by atoms with Crippen LogP contribution in [0.5, 0.6) is 0 Å². The topological polar surface area (TPSA) is 51.0 Å². The summed E-state index contributed by atoms with van der Waals surface area (Å²) in [6.45, 7) is 1.97. The summed E-state index contributed by atoms with van der Waals surface area (Å²) in [5, 5.41) is 9.20. The summed E-state index contributed by atoms with van der Waals surface area (Å²) in [5.41, 5.74) is 1.24. The van der Waals surface area contributed by atoms with Crippen LogP contribution in [0.1, 0.15) is 11.4 Å². The van der Waals surface area contributed by atoms with Gasteiger partial charge in [-0.2, -0.15) is 0 Å². The second kappa shape index (κ2) is 8.54. The Morgan fingerprint density at radius 1 is 1.19 bits per heavy atom. The lowest BCUT2D eigenvalue weighted by atomic mass is 10.2. The van der Waals surface area contributed by atoms with E-state index in [1.165, 1.54) is 28.8 Å². The zero-order chi connectivity index (χ0) is 19.4. The number of benzene rings is 2. The maximum Gasteiger partial charge on any atom is 0.233 e. The third-order valence-electron chi connectivity index (χ3n) is 4.02. The van der Waals surface area contributed by atoms with Gasteiger partial charge in [-0.1, -0.05) is 47.6 Å². The number of rotatable bonds is 6. The number of aromatic nitrogens is 3. The minimum Gasteiger partial charge on any atom is -0.341 e. The fourth-order valence-electron chi connectivity index (χ4n) is 2.56. The van der Waals surface area contributed by atoms with Crippen LogP contribution in [0.15, 0.2) is 53.7 Å². The Morgan fingerprint density at radius 2 is 1.93 bits per heavy atom. The maximum absolute atomic E-state index is 13.9. The molecule has 0 bridgehead atoms. The zero-order valence-corrected chi connectivity index (χ0v) is 16.5. The second-order valence-corrected chi connectivity index (χ2v) is 7.29. The quantitative estimate of drug-likeness (QED) is 0.580. The van der Waals surface area contributed by atoms with Crippen LogP contribution in [-0.4, -0.2) is 38.4 Å². The van der Waals surface area contributed by atoms with Gasteiger partial charge in [0.15, 0.2) is 5.16 Å². The lowest BCUT2D eigenvalue weighted by Crippen LogP contribution is -2.28. The number of carbonyl (C=O) groups is 1. The molecule has 0 spiro atoms. The first kappa shape index (κ1) is 19.4. The van der Waals surface area contributed by atoms with E-state index in [1.54, 1.807) is 13.1 Å². The van der Waals surface area contributed by atoms with E-state index >= 15 is 0 Å². The van der Waals surface area contributed by atoms with Crippen LogP contribution >= 0.6 is 23.4 Å². The molecule has 0 saturated heterocycles. The summed E-state index contributed by atoms with van der Waals surface area (Å²) < 4.78 is 15.8. The van der Waals surface area contributed by atoms with Crippen LogP contribution in [-0.2, 0) is 11.3 Å². The van der Waals surface area contributed by atoms with Crippen molar-refractivity contribution in [3.8, 4) is 5.69 Å². The number of hydrogen-bond acceptors (Lipinski definition) is 4. The van der Waals surface area contributed by atoms with E-state index in [4.69, 9.17) is 11.6 Å².